The number of H-pyrrole nitrogens is 2. The molecular formula is C26H27N7O4. The van der Waals surface area contributed by atoms with Gasteiger partial charge in [-0.05, 0) is 48.2 Å². The van der Waals surface area contributed by atoms with E-state index in [1.807, 2.05) is 19.1 Å². The number of anilines is 2. The zero-order valence-electron chi connectivity index (χ0n) is 20.3. The molecule has 190 valence electrons. The molecule has 0 aliphatic carbocycles. The zero-order chi connectivity index (χ0) is 25.8. The molecule has 2 aromatic heterocycles. The molecular weight excluding hydrogens is 474 g/mol. The Hall–Kier alpha value is -4.67. The van der Waals surface area contributed by atoms with Crippen molar-refractivity contribution in [3.8, 4) is 0 Å². The van der Waals surface area contributed by atoms with Crippen LogP contribution >= 0.6 is 0 Å². The lowest BCUT2D eigenvalue weighted by atomic mass is 9.97. The van der Waals surface area contributed by atoms with Gasteiger partial charge in [0.2, 0.25) is 11.9 Å². The van der Waals surface area contributed by atoms with Crippen LogP contribution in [0.3, 0.4) is 0 Å². The largest absolute Gasteiger partial charge is 0.449 e. The van der Waals surface area contributed by atoms with E-state index in [2.05, 4.69) is 30.6 Å². The number of ether oxygens (including phenoxy) is 1. The molecule has 4 aromatic rings. The van der Waals surface area contributed by atoms with Crippen molar-refractivity contribution >= 4 is 40.8 Å². The first kappa shape index (κ1) is 24.0. The van der Waals surface area contributed by atoms with Crippen LogP contribution in [0.5, 0.6) is 0 Å². The summed E-state index contributed by atoms with van der Waals surface area (Å²) >= 11 is 0. The Kier molecular flexibility index (Phi) is 6.84. The highest BCUT2D eigenvalue weighted by Gasteiger charge is 2.23. The van der Waals surface area contributed by atoms with E-state index in [4.69, 9.17) is 4.74 Å². The van der Waals surface area contributed by atoms with Crippen molar-refractivity contribution < 1.29 is 19.1 Å². The van der Waals surface area contributed by atoms with Gasteiger partial charge in [0.05, 0.1) is 17.7 Å². The number of benzene rings is 2. The number of imidazole rings is 2. The summed E-state index contributed by atoms with van der Waals surface area (Å²) in [4.78, 5) is 54.0. The molecule has 0 radical (unpaired) electrons. The number of aromatic amines is 2. The third-order valence-corrected chi connectivity index (χ3v) is 6.18. The zero-order valence-corrected chi connectivity index (χ0v) is 20.3. The molecule has 1 aliphatic rings. The van der Waals surface area contributed by atoms with Gasteiger partial charge in [-0.3, -0.25) is 20.2 Å². The van der Waals surface area contributed by atoms with Crippen molar-refractivity contribution in [2.24, 2.45) is 0 Å². The molecule has 3 amide bonds. The van der Waals surface area contributed by atoms with E-state index in [0.717, 1.165) is 24.0 Å². The summed E-state index contributed by atoms with van der Waals surface area (Å²) in [5, 5.41) is 5.46. The normalized spacial score (nSPS) is 12.7. The lowest BCUT2D eigenvalue weighted by Gasteiger charge is -2.28. The summed E-state index contributed by atoms with van der Waals surface area (Å²) in [6.45, 7) is 3.46. The highest BCUT2D eigenvalue weighted by atomic mass is 16.6. The number of hydrogen-bond donors (Lipinski definition) is 4. The molecule has 0 bridgehead atoms. The van der Waals surface area contributed by atoms with Crippen molar-refractivity contribution in [2.45, 2.75) is 32.7 Å². The standard InChI is InChI=1S/C26H27N7O4/c1-2-3-13-37-26(36)33-12-9-16-14-17(7-8-18(16)15-33)22(34)31-25-29-20-6-4-5-19(21(20)30-25)23(35)32-24-27-10-11-28-24/h4-8,10-11,14H,2-3,9,12-13,15H2,1H3,(H2,27,28,32,35)(H2,29,30,31,34). The molecule has 37 heavy (non-hydrogen) atoms. The Bertz CT molecular complexity index is 1440. The van der Waals surface area contributed by atoms with Gasteiger partial charge < -0.3 is 19.6 Å². The Morgan fingerprint density at radius 2 is 1.95 bits per heavy atom. The van der Waals surface area contributed by atoms with Crippen LogP contribution in [0.15, 0.2) is 48.8 Å². The third-order valence-electron chi connectivity index (χ3n) is 6.18. The van der Waals surface area contributed by atoms with Crippen LogP contribution in [-0.2, 0) is 17.7 Å². The van der Waals surface area contributed by atoms with Gasteiger partial charge in [0, 0.05) is 31.0 Å². The molecule has 0 unspecified atom stereocenters. The minimum Gasteiger partial charge on any atom is -0.449 e. The van der Waals surface area contributed by atoms with Gasteiger partial charge in [0.1, 0.15) is 5.52 Å². The minimum absolute atomic E-state index is 0.233. The number of hydrogen-bond acceptors (Lipinski definition) is 6. The average molecular weight is 502 g/mol. The first-order valence-corrected chi connectivity index (χ1v) is 12.2. The van der Waals surface area contributed by atoms with Gasteiger partial charge in [-0.2, -0.15) is 0 Å². The number of nitrogens with zero attached hydrogens (tertiary/aromatic N) is 3. The fourth-order valence-corrected chi connectivity index (χ4v) is 4.21. The van der Waals surface area contributed by atoms with Crippen molar-refractivity contribution in [1.29, 1.82) is 0 Å². The first-order valence-electron chi connectivity index (χ1n) is 12.2. The molecule has 5 rings (SSSR count). The number of rotatable bonds is 7. The fraction of sp³-hybridized carbons (Fsp3) is 0.269. The predicted octanol–water partition coefficient (Wildman–Crippen LogP) is 4.09. The van der Waals surface area contributed by atoms with Crippen LogP contribution in [-0.4, -0.2) is 55.9 Å². The maximum absolute atomic E-state index is 13.0. The topological polar surface area (TPSA) is 145 Å². The summed E-state index contributed by atoms with van der Waals surface area (Å²) in [6.07, 6.45) is 5.30. The number of unbranched alkanes of at least 4 members (excludes halogenated alkanes) is 1. The van der Waals surface area contributed by atoms with E-state index >= 15 is 0 Å². The third kappa shape index (κ3) is 5.30. The molecule has 1 aliphatic heterocycles. The average Bonchev–Trinajstić information content (AvgIpc) is 3.57. The number of amides is 3. The van der Waals surface area contributed by atoms with Gasteiger partial charge in [-0.25, -0.2) is 14.8 Å². The summed E-state index contributed by atoms with van der Waals surface area (Å²) in [6, 6.07) is 10.6. The number of fused-ring (bicyclic) bond motifs is 2. The molecule has 11 nitrogen and oxygen atoms in total. The quantitative estimate of drug-likeness (QED) is 0.281. The van der Waals surface area contributed by atoms with E-state index in [-0.39, 0.29) is 23.9 Å². The maximum atomic E-state index is 13.0. The van der Waals surface area contributed by atoms with Crippen molar-refractivity contribution in [3.05, 3.63) is 71.0 Å². The summed E-state index contributed by atoms with van der Waals surface area (Å²) in [7, 11) is 0. The highest BCUT2D eigenvalue weighted by Crippen LogP contribution is 2.23. The first-order chi connectivity index (χ1) is 18.0. The van der Waals surface area contributed by atoms with Gasteiger partial charge in [0.25, 0.3) is 11.8 Å². The molecule has 2 aromatic carbocycles. The Labute approximate surface area is 212 Å². The van der Waals surface area contributed by atoms with Crippen LogP contribution in [0.1, 0.15) is 51.6 Å². The monoisotopic (exact) mass is 501 g/mol. The summed E-state index contributed by atoms with van der Waals surface area (Å²) in [5.41, 5.74) is 3.88. The van der Waals surface area contributed by atoms with Crippen molar-refractivity contribution in [1.82, 2.24) is 24.8 Å². The lowest BCUT2D eigenvalue weighted by Crippen LogP contribution is -2.36. The van der Waals surface area contributed by atoms with Crippen molar-refractivity contribution in [3.63, 3.8) is 0 Å². The SMILES string of the molecule is CCCCOC(=O)N1CCc2cc(C(=O)Nc3nc4c(C(=O)Nc5ncc[nH]5)cccc4[nH]3)ccc2C1. The van der Waals surface area contributed by atoms with E-state index < -0.39 is 0 Å². The van der Waals surface area contributed by atoms with Crippen LogP contribution in [0, 0.1) is 0 Å². The molecule has 11 heteroatoms. The predicted molar refractivity (Wildman–Crippen MR) is 137 cm³/mol. The molecule has 3 heterocycles. The second-order valence-corrected chi connectivity index (χ2v) is 8.76. The summed E-state index contributed by atoms with van der Waals surface area (Å²) < 4.78 is 5.32. The number of carbonyl (C=O) groups excluding carboxylic acids is 3. The summed E-state index contributed by atoms with van der Waals surface area (Å²) in [5.74, 6) is -0.139. The number of carbonyl (C=O) groups is 3. The van der Waals surface area contributed by atoms with Crippen LogP contribution < -0.4 is 10.6 Å². The van der Waals surface area contributed by atoms with Crippen LogP contribution in [0.2, 0.25) is 0 Å². The van der Waals surface area contributed by atoms with Gasteiger partial charge in [-0.1, -0.05) is 25.5 Å². The van der Waals surface area contributed by atoms with Gasteiger partial charge in [0.15, 0.2) is 0 Å². The smallest absolute Gasteiger partial charge is 0.410 e. The number of aromatic nitrogens is 4. The highest BCUT2D eigenvalue weighted by molar-refractivity contribution is 6.11. The van der Waals surface area contributed by atoms with E-state index in [0.29, 0.717) is 54.2 Å². The van der Waals surface area contributed by atoms with Gasteiger partial charge in [-0.15, -0.1) is 0 Å². The van der Waals surface area contributed by atoms with Crippen molar-refractivity contribution in [2.75, 3.05) is 23.8 Å². The minimum atomic E-state index is -0.372. The lowest BCUT2D eigenvalue weighted by molar-refractivity contribution is 0.0962. The number of para-hydroxylation sites is 1. The molecule has 4 N–H and O–H groups in total. The Morgan fingerprint density at radius 3 is 2.76 bits per heavy atom. The van der Waals surface area contributed by atoms with E-state index in [1.54, 1.807) is 35.4 Å². The Balaban J connectivity index is 1.27. The van der Waals surface area contributed by atoms with Crippen LogP contribution in [0.25, 0.3) is 11.0 Å². The van der Waals surface area contributed by atoms with E-state index in [1.165, 1.54) is 6.20 Å². The Morgan fingerprint density at radius 1 is 1.08 bits per heavy atom. The van der Waals surface area contributed by atoms with E-state index in [9.17, 15) is 14.4 Å². The van der Waals surface area contributed by atoms with Crippen LogP contribution in [0.4, 0.5) is 16.7 Å². The molecule has 0 saturated heterocycles. The molecule has 0 spiro atoms. The van der Waals surface area contributed by atoms with Gasteiger partial charge >= 0.3 is 6.09 Å². The number of nitrogens with one attached hydrogen (secondary N) is 4. The molecule has 0 atom stereocenters. The second kappa shape index (κ2) is 10.5. The second-order valence-electron chi connectivity index (χ2n) is 8.76. The molecule has 0 saturated carbocycles. The molecule has 0 fully saturated rings. The fourth-order valence-electron chi connectivity index (χ4n) is 4.21. The maximum Gasteiger partial charge on any atom is 0.410 e.